The molecular weight excluding hydrogens is 178 g/mol. The SMILES string of the molecule is CCc1c(C=O)nnn1CCC1CC1. The first-order valence-electron chi connectivity index (χ1n) is 5.22. The molecule has 14 heavy (non-hydrogen) atoms. The molecule has 1 fully saturated rings. The molecule has 1 aliphatic rings. The Morgan fingerprint density at radius 2 is 2.36 bits per heavy atom. The summed E-state index contributed by atoms with van der Waals surface area (Å²) in [6, 6.07) is 0. The van der Waals surface area contributed by atoms with Crippen molar-refractivity contribution in [3.8, 4) is 0 Å². The van der Waals surface area contributed by atoms with Crippen LogP contribution in [0, 0.1) is 5.92 Å². The van der Waals surface area contributed by atoms with Crippen LogP contribution < -0.4 is 0 Å². The molecule has 1 saturated carbocycles. The lowest BCUT2D eigenvalue weighted by atomic mass is 10.2. The number of rotatable bonds is 5. The highest BCUT2D eigenvalue weighted by Gasteiger charge is 2.21. The second kappa shape index (κ2) is 3.90. The molecule has 0 spiro atoms. The predicted octanol–water partition coefficient (Wildman–Crippen LogP) is 1.45. The van der Waals surface area contributed by atoms with Crippen LogP contribution in [0.3, 0.4) is 0 Å². The van der Waals surface area contributed by atoms with Crippen molar-refractivity contribution in [1.82, 2.24) is 15.0 Å². The van der Waals surface area contributed by atoms with Crippen molar-refractivity contribution in [3.05, 3.63) is 11.4 Å². The molecule has 4 nitrogen and oxygen atoms in total. The monoisotopic (exact) mass is 193 g/mol. The van der Waals surface area contributed by atoms with E-state index in [0.717, 1.165) is 30.9 Å². The number of carbonyl (C=O) groups is 1. The van der Waals surface area contributed by atoms with E-state index in [2.05, 4.69) is 10.3 Å². The van der Waals surface area contributed by atoms with Crippen LogP contribution in [-0.4, -0.2) is 21.3 Å². The molecule has 0 bridgehead atoms. The Morgan fingerprint density at radius 3 is 2.93 bits per heavy atom. The fourth-order valence-corrected chi connectivity index (χ4v) is 1.69. The summed E-state index contributed by atoms with van der Waals surface area (Å²) in [4.78, 5) is 10.6. The van der Waals surface area contributed by atoms with E-state index < -0.39 is 0 Å². The summed E-state index contributed by atoms with van der Waals surface area (Å²) in [7, 11) is 0. The van der Waals surface area contributed by atoms with E-state index in [4.69, 9.17) is 0 Å². The number of nitrogens with zero attached hydrogens (tertiary/aromatic N) is 3. The van der Waals surface area contributed by atoms with Gasteiger partial charge in [0.15, 0.2) is 6.29 Å². The van der Waals surface area contributed by atoms with Gasteiger partial charge in [-0.3, -0.25) is 4.79 Å². The van der Waals surface area contributed by atoms with E-state index in [0.29, 0.717) is 5.69 Å². The van der Waals surface area contributed by atoms with Crippen molar-refractivity contribution in [2.24, 2.45) is 5.92 Å². The molecule has 0 aliphatic heterocycles. The second-order valence-electron chi connectivity index (χ2n) is 3.85. The highest BCUT2D eigenvalue weighted by molar-refractivity contribution is 5.73. The van der Waals surface area contributed by atoms with Crippen molar-refractivity contribution in [2.75, 3.05) is 0 Å². The first-order chi connectivity index (χ1) is 6.85. The van der Waals surface area contributed by atoms with Gasteiger partial charge in [-0.15, -0.1) is 5.10 Å². The summed E-state index contributed by atoms with van der Waals surface area (Å²) < 4.78 is 1.88. The fraction of sp³-hybridized carbons (Fsp3) is 0.700. The summed E-state index contributed by atoms with van der Waals surface area (Å²) in [5, 5.41) is 7.84. The molecule has 2 rings (SSSR count). The molecule has 0 atom stereocenters. The maximum Gasteiger partial charge on any atom is 0.172 e. The zero-order valence-electron chi connectivity index (χ0n) is 8.44. The smallest absolute Gasteiger partial charge is 0.172 e. The van der Waals surface area contributed by atoms with Gasteiger partial charge >= 0.3 is 0 Å². The zero-order chi connectivity index (χ0) is 9.97. The average molecular weight is 193 g/mol. The lowest BCUT2D eigenvalue weighted by Gasteiger charge is -2.03. The number of aryl methyl sites for hydroxylation is 1. The molecule has 0 saturated heterocycles. The van der Waals surface area contributed by atoms with Crippen molar-refractivity contribution < 1.29 is 4.79 Å². The minimum absolute atomic E-state index is 0.503. The van der Waals surface area contributed by atoms with Crippen LogP contribution in [0.4, 0.5) is 0 Å². The van der Waals surface area contributed by atoms with Gasteiger partial charge in [0.25, 0.3) is 0 Å². The topological polar surface area (TPSA) is 47.8 Å². The molecular formula is C10H15N3O. The Balaban J connectivity index is 2.06. The summed E-state index contributed by atoms with van der Waals surface area (Å²) in [6.45, 7) is 2.94. The number of hydrogen-bond donors (Lipinski definition) is 0. The van der Waals surface area contributed by atoms with E-state index in [1.54, 1.807) is 0 Å². The largest absolute Gasteiger partial charge is 0.296 e. The summed E-state index contributed by atoms with van der Waals surface area (Å²) in [5.74, 6) is 0.892. The molecule has 1 heterocycles. The lowest BCUT2D eigenvalue weighted by molar-refractivity contribution is 0.111. The molecule has 1 aromatic rings. The molecule has 0 radical (unpaired) electrons. The van der Waals surface area contributed by atoms with E-state index in [1.807, 2.05) is 11.6 Å². The first-order valence-corrected chi connectivity index (χ1v) is 5.22. The summed E-state index contributed by atoms with van der Waals surface area (Å²) in [5.41, 5.74) is 1.48. The van der Waals surface area contributed by atoms with Crippen LogP contribution in [-0.2, 0) is 13.0 Å². The Bertz CT molecular complexity index is 328. The quantitative estimate of drug-likeness (QED) is 0.665. The third kappa shape index (κ3) is 1.84. The average Bonchev–Trinajstić information content (AvgIpc) is 2.95. The van der Waals surface area contributed by atoms with Gasteiger partial charge in [-0.25, -0.2) is 4.68 Å². The van der Waals surface area contributed by atoms with Gasteiger partial charge in [-0.05, 0) is 18.8 Å². The highest BCUT2D eigenvalue weighted by Crippen LogP contribution is 2.32. The third-order valence-electron chi connectivity index (χ3n) is 2.76. The molecule has 0 N–H and O–H groups in total. The number of carbonyl (C=O) groups excluding carboxylic acids is 1. The van der Waals surface area contributed by atoms with Gasteiger partial charge < -0.3 is 0 Å². The van der Waals surface area contributed by atoms with Gasteiger partial charge in [0, 0.05) is 6.54 Å². The van der Waals surface area contributed by atoms with E-state index >= 15 is 0 Å². The van der Waals surface area contributed by atoms with E-state index in [1.165, 1.54) is 19.3 Å². The van der Waals surface area contributed by atoms with Crippen molar-refractivity contribution >= 4 is 6.29 Å². The predicted molar refractivity (Wildman–Crippen MR) is 52.1 cm³/mol. The van der Waals surface area contributed by atoms with E-state index in [9.17, 15) is 4.79 Å². The molecule has 4 heteroatoms. The van der Waals surface area contributed by atoms with Gasteiger partial charge in [-0.2, -0.15) is 0 Å². The van der Waals surface area contributed by atoms with Gasteiger partial charge in [0.05, 0.1) is 5.69 Å². The molecule has 0 aromatic carbocycles. The van der Waals surface area contributed by atoms with Crippen LogP contribution in [0.1, 0.15) is 42.4 Å². The Hall–Kier alpha value is -1.19. The van der Waals surface area contributed by atoms with Crippen molar-refractivity contribution in [1.29, 1.82) is 0 Å². The normalized spacial score (nSPS) is 15.8. The second-order valence-corrected chi connectivity index (χ2v) is 3.85. The fourth-order valence-electron chi connectivity index (χ4n) is 1.69. The molecule has 1 aromatic heterocycles. The molecule has 1 aliphatic carbocycles. The molecule has 76 valence electrons. The van der Waals surface area contributed by atoms with Gasteiger partial charge in [0.1, 0.15) is 5.69 Å². The van der Waals surface area contributed by atoms with Crippen LogP contribution in [0.15, 0.2) is 0 Å². The number of aldehydes is 1. The molecule has 0 unspecified atom stereocenters. The van der Waals surface area contributed by atoms with Crippen molar-refractivity contribution in [3.63, 3.8) is 0 Å². The number of hydrogen-bond acceptors (Lipinski definition) is 3. The maximum absolute atomic E-state index is 10.6. The van der Waals surface area contributed by atoms with Crippen LogP contribution in [0.2, 0.25) is 0 Å². The third-order valence-corrected chi connectivity index (χ3v) is 2.76. The van der Waals surface area contributed by atoms with Gasteiger partial charge in [0.2, 0.25) is 0 Å². The van der Waals surface area contributed by atoms with Crippen LogP contribution >= 0.6 is 0 Å². The maximum atomic E-state index is 10.6. The minimum Gasteiger partial charge on any atom is -0.296 e. The number of aromatic nitrogens is 3. The van der Waals surface area contributed by atoms with E-state index in [-0.39, 0.29) is 0 Å². The van der Waals surface area contributed by atoms with Crippen molar-refractivity contribution in [2.45, 2.75) is 39.2 Å². The Kier molecular flexibility index (Phi) is 2.61. The summed E-state index contributed by atoms with van der Waals surface area (Å²) in [6.07, 6.45) is 5.51. The Labute approximate surface area is 83.3 Å². The van der Waals surface area contributed by atoms with Gasteiger partial charge in [-0.1, -0.05) is 25.0 Å². The zero-order valence-corrected chi connectivity index (χ0v) is 8.44. The minimum atomic E-state index is 0.503. The molecule has 0 amide bonds. The highest BCUT2D eigenvalue weighted by atomic mass is 16.1. The van der Waals surface area contributed by atoms with Crippen LogP contribution in [0.25, 0.3) is 0 Å². The Morgan fingerprint density at radius 1 is 1.57 bits per heavy atom. The summed E-state index contributed by atoms with van der Waals surface area (Å²) >= 11 is 0. The lowest BCUT2D eigenvalue weighted by Crippen LogP contribution is -2.06. The van der Waals surface area contributed by atoms with Crippen LogP contribution in [0.5, 0.6) is 0 Å². The first kappa shape index (κ1) is 9.37. The standard InChI is InChI=1S/C10H15N3O/c1-2-10-9(7-14)11-12-13(10)6-5-8-3-4-8/h7-8H,2-6H2,1H3.